The number of aliphatic hydroxyl groups is 1. The van der Waals surface area contributed by atoms with E-state index in [4.69, 9.17) is 5.11 Å². The maximum Gasteiger partial charge on any atom is 0.214 e. The lowest BCUT2D eigenvalue weighted by atomic mass is 10.3. The summed E-state index contributed by atoms with van der Waals surface area (Å²) in [6.45, 7) is 0.399. The van der Waals surface area contributed by atoms with Crippen LogP contribution in [-0.4, -0.2) is 25.4 Å². The molecule has 98 valence electrons. The number of sulfonamides is 1. The van der Waals surface area contributed by atoms with Crippen molar-refractivity contribution in [3.05, 3.63) is 21.9 Å². The van der Waals surface area contributed by atoms with Gasteiger partial charge < -0.3 is 5.11 Å². The molecule has 1 aliphatic carbocycles. The van der Waals surface area contributed by atoms with E-state index in [-0.39, 0.29) is 11.9 Å². The van der Waals surface area contributed by atoms with Gasteiger partial charge in [0, 0.05) is 28.8 Å². The van der Waals surface area contributed by atoms with Gasteiger partial charge in [-0.1, -0.05) is 11.8 Å². The van der Waals surface area contributed by atoms with Crippen molar-refractivity contribution in [2.45, 2.75) is 31.1 Å². The van der Waals surface area contributed by atoms with Crippen LogP contribution in [0.4, 0.5) is 0 Å². The maximum atomic E-state index is 11.6. The average Bonchev–Trinajstić information content (AvgIpc) is 3.10. The molecule has 0 radical (unpaired) electrons. The third-order valence-electron chi connectivity index (χ3n) is 2.53. The van der Waals surface area contributed by atoms with Gasteiger partial charge in [-0.05, 0) is 18.9 Å². The van der Waals surface area contributed by atoms with Crippen molar-refractivity contribution in [1.29, 1.82) is 0 Å². The number of thiophene rings is 1. The quantitative estimate of drug-likeness (QED) is 0.795. The molecule has 0 amide bonds. The summed E-state index contributed by atoms with van der Waals surface area (Å²) >= 11 is 1.49. The van der Waals surface area contributed by atoms with E-state index in [0.717, 1.165) is 23.3 Å². The fourth-order valence-corrected chi connectivity index (χ4v) is 3.62. The van der Waals surface area contributed by atoms with Gasteiger partial charge in [0.25, 0.3) is 0 Å². The van der Waals surface area contributed by atoms with E-state index in [0.29, 0.717) is 13.0 Å². The summed E-state index contributed by atoms with van der Waals surface area (Å²) in [5.41, 5.74) is 0.870. The van der Waals surface area contributed by atoms with E-state index < -0.39 is 10.0 Å². The Morgan fingerprint density at radius 1 is 1.50 bits per heavy atom. The number of nitrogens with one attached hydrogen (secondary N) is 1. The maximum absolute atomic E-state index is 11.6. The fourth-order valence-electron chi connectivity index (χ4n) is 1.43. The van der Waals surface area contributed by atoms with Gasteiger partial charge in [0.2, 0.25) is 10.0 Å². The average molecular weight is 285 g/mol. The van der Waals surface area contributed by atoms with Crippen molar-refractivity contribution in [3.8, 4) is 11.8 Å². The highest BCUT2D eigenvalue weighted by Gasteiger charge is 2.35. The van der Waals surface area contributed by atoms with E-state index in [1.807, 2.05) is 11.4 Å². The topological polar surface area (TPSA) is 66.4 Å². The molecule has 6 heteroatoms. The molecular formula is C12H15NO3S2. The van der Waals surface area contributed by atoms with Crippen molar-refractivity contribution >= 4 is 21.4 Å². The molecule has 1 heterocycles. The minimum absolute atomic E-state index is 0.0607. The molecule has 0 saturated heterocycles. The molecule has 1 aliphatic rings. The summed E-state index contributed by atoms with van der Waals surface area (Å²) in [6, 6.07) is 1.88. The molecule has 0 spiro atoms. The molecule has 1 aromatic rings. The highest BCUT2D eigenvalue weighted by molar-refractivity contribution is 7.90. The molecule has 2 N–H and O–H groups in total. The van der Waals surface area contributed by atoms with Crippen LogP contribution in [0.25, 0.3) is 0 Å². The monoisotopic (exact) mass is 285 g/mol. The first-order chi connectivity index (χ1) is 8.62. The van der Waals surface area contributed by atoms with E-state index in [9.17, 15) is 8.42 Å². The predicted octanol–water partition coefficient (Wildman–Crippen LogP) is 1.06. The standard InChI is InChI=1S/C12H15NO3S2/c14-6-2-1-3-10-7-11(17-9-10)8-13-18(15,16)12-4-5-12/h7,9,12-14H,2,4-6,8H2. The molecule has 1 aromatic heterocycles. The second-order valence-electron chi connectivity index (χ2n) is 4.14. The van der Waals surface area contributed by atoms with Crippen molar-refractivity contribution < 1.29 is 13.5 Å². The van der Waals surface area contributed by atoms with Crippen LogP contribution in [0.15, 0.2) is 11.4 Å². The Morgan fingerprint density at radius 2 is 2.28 bits per heavy atom. The SMILES string of the molecule is O=S(=O)(NCc1cc(C#CCCO)cs1)C1CC1. The van der Waals surface area contributed by atoms with Gasteiger partial charge in [-0.3, -0.25) is 0 Å². The van der Waals surface area contributed by atoms with Gasteiger partial charge in [0.1, 0.15) is 0 Å². The van der Waals surface area contributed by atoms with Crippen LogP contribution in [0.2, 0.25) is 0 Å². The fraction of sp³-hybridized carbons (Fsp3) is 0.500. The summed E-state index contributed by atoms with van der Waals surface area (Å²) in [5.74, 6) is 5.75. The van der Waals surface area contributed by atoms with E-state index in [1.54, 1.807) is 0 Å². The zero-order valence-corrected chi connectivity index (χ0v) is 11.5. The third-order valence-corrected chi connectivity index (χ3v) is 5.37. The zero-order chi connectivity index (χ0) is 13.0. The number of hydrogen-bond acceptors (Lipinski definition) is 4. The van der Waals surface area contributed by atoms with Crippen molar-refractivity contribution in [1.82, 2.24) is 4.72 Å². The highest BCUT2D eigenvalue weighted by Crippen LogP contribution is 2.27. The number of rotatable bonds is 5. The van der Waals surface area contributed by atoms with E-state index in [2.05, 4.69) is 16.6 Å². The second-order valence-corrected chi connectivity index (χ2v) is 7.18. The molecule has 2 rings (SSSR count). The molecule has 1 saturated carbocycles. The highest BCUT2D eigenvalue weighted by atomic mass is 32.2. The lowest BCUT2D eigenvalue weighted by molar-refractivity contribution is 0.305. The van der Waals surface area contributed by atoms with Gasteiger partial charge in [-0.25, -0.2) is 13.1 Å². The Hall–Kier alpha value is -0.870. The lowest BCUT2D eigenvalue weighted by Crippen LogP contribution is -2.26. The van der Waals surface area contributed by atoms with Crippen LogP contribution in [0.1, 0.15) is 29.7 Å². The molecule has 0 unspecified atom stereocenters. The van der Waals surface area contributed by atoms with Crippen LogP contribution in [0.5, 0.6) is 0 Å². The molecule has 0 aromatic carbocycles. The molecule has 0 aliphatic heterocycles. The summed E-state index contributed by atoms with van der Waals surface area (Å²) in [7, 11) is -3.11. The number of hydrogen-bond donors (Lipinski definition) is 2. The lowest BCUT2D eigenvalue weighted by Gasteiger charge is -2.02. The van der Waals surface area contributed by atoms with Crippen LogP contribution in [-0.2, 0) is 16.6 Å². The normalized spacial score (nSPS) is 15.2. The van der Waals surface area contributed by atoms with Crippen molar-refractivity contribution in [2.24, 2.45) is 0 Å². The minimum Gasteiger partial charge on any atom is -0.395 e. The van der Waals surface area contributed by atoms with Crippen LogP contribution in [0.3, 0.4) is 0 Å². The van der Waals surface area contributed by atoms with Gasteiger partial charge in [-0.15, -0.1) is 11.3 Å². The van der Waals surface area contributed by atoms with Crippen LogP contribution in [0, 0.1) is 11.8 Å². The van der Waals surface area contributed by atoms with Crippen LogP contribution < -0.4 is 4.72 Å². The molecule has 0 atom stereocenters. The van der Waals surface area contributed by atoms with Gasteiger partial charge >= 0.3 is 0 Å². The predicted molar refractivity (Wildman–Crippen MR) is 71.7 cm³/mol. The summed E-state index contributed by atoms with van der Waals surface area (Å²) in [6.07, 6.45) is 2.01. The first-order valence-electron chi connectivity index (χ1n) is 5.77. The number of aliphatic hydroxyl groups excluding tert-OH is 1. The second kappa shape index (κ2) is 5.85. The Labute approximate surface area is 111 Å². The summed E-state index contributed by atoms with van der Waals surface area (Å²) in [5, 5.41) is 10.3. The Bertz CT molecular complexity index is 562. The van der Waals surface area contributed by atoms with E-state index in [1.165, 1.54) is 11.3 Å². The molecule has 0 bridgehead atoms. The molecule has 18 heavy (non-hydrogen) atoms. The molecular weight excluding hydrogens is 270 g/mol. The minimum atomic E-state index is -3.11. The Balaban J connectivity index is 1.89. The molecule has 1 fully saturated rings. The Morgan fingerprint density at radius 3 is 2.94 bits per heavy atom. The first-order valence-corrected chi connectivity index (χ1v) is 8.20. The van der Waals surface area contributed by atoms with Crippen molar-refractivity contribution in [3.63, 3.8) is 0 Å². The summed E-state index contributed by atoms with van der Waals surface area (Å²) in [4.78, 5) is 0.951. The Kier molecular flexibility index (Phi) is 4.40. The van der Waals surface area contributed by atoms with Gasteiger partial charge in [0.15, 0.2) is 0 Å². The molecule has 4 nitrogen and oxygen atoms in total. The zero-order valence-electron chi connectivity index (χ0n) is 9.85. The summed E-state index contributed by atoms with van der Waals surface area (Å²) < 4.78 is 25.9. The van der Waals surface area contributed by atoms with Gasteiger partial charge in [0.05, 0.1) is 11.9 Å². The third kappa shape index (κ3) is 3.82. The smallest absolute Gasteiger partial charge is 0.214 e. The van der Waals surface area contributed by atoms with Crippen LogP contribution >= 0.6 is 11.3 Å². The van der Waals surface area contributed by atoms with Crippen molar-refractivity contribution in [2.75, 3.05) is 6.61 Å². The van der Waals surface area contributed by atoms with Gasteiger partial charge in [-0.2, -0.15) is 0 Å². The largest absolute Gasteiger partial charge is 0.395 e. The van der Waals surface area contributed by atoms with E-state index >= 15 is 0 Å². The first kappa shape index (κ1) is 13.6.